The molecule has 1 aliphatic carbocycles. The average molecular weight is 393 g/mol. The maximum Gasteiger partial charge on any atom is 0.416 e. The number of nitrogens with two attached hydrogens (primary N) is 1. The molecule has 0 aliphatic heterocycles. The first kappa shape index (κ1) is 19.0. The number of hydrogen-bond donors (Lipinski definition) is 2. The molecule has 0 saturated heterocycles. The van der Waals surface area contributed by atoms with Gasteiger partial charge in [0.15, 0.2) is 0 Å². The normalized spacial score (nSPS) is 13.9. The molecule has 1 heterocycles. The van der Waals surface area contributed by atoms with Crippen LogP contribution in [0.5, 0.6) is 0 Å². The molecule has 6 nitrogen and oxygen atoms in total. The molecule has 0 radical (unpaired) electrons. The monoisotopic (exact) mass is 393 g/mol. The highest BCUT2D eigenvalue weighted by Gasteiger charge is 2.30. The lowest BCUT2D eigenvalue weighted by atomic mass is 10.1. The Labute approximate surface area is 157 Å². The summed E-state index contributed by atoms with van der Waals surface area (Å²) in [5.41, 5.74) is 5.01. The molecule has 1 aromatic heterocycles. The Morgan fingerprint density at radius 2 is 1.96 bits per heavy atom. The molecule has 0 atom stereocenters. The third-order valence-electron chi connectivity index (χ3n) is 3.74. The van der Waals surface area contributed by atoms with E-state index in [1.165, 1.54) is 12.1 Å². The van der Waals surface area contributed by atoms with Crippen LogP contribution < -0.4 is 11.1 Å². The summed E-state index contributed by atoms with van der Waals surface area (Å²) in [7, 11) is 0. The summed E-state index contributed by atoms with van der Waals surface area (Å²) in [4.78, 5) is 19.7. The predicted molar refractivity (Wildman–Crippen MR) is 93.7 cm³/mol. The van der Waals surface area contributed by atoms with Gasteiger partial charge in [0, 0.05) is 11.6 Å². The molecule has 0 spiro atoms. The van der Waals surface area contributed by atoms with E-state index < -0.39 is 17.6 Å². The zero-order valence-corrected chi connectivity index (χ0v) is 14.7. The van der Waals surface area contributed by atoms with Crippen LogP contribution in [0, 0.1) is 11.3 Å². The van der Waals surface area contributed by atoms with Crippen molar-refractivity contribution in [2.24, 2.45) is 5.73 Å². The Morgan fingerprint density at radius 1 is 1.30 bits per heavy atom. The van der Waals surface area contributed by atoms with E-state index in [0.29, 0.717) is 5.56 Å². The molecule has 0 bridgehead atoms. The van der Waals surface area contributed by atoms with Crippen molar-refractivity contribution in [3.05, 3.63) is 35.4 Å². The molecule has 3 N–H and O–H groups in total. The fourth-order valence-corrected chi connectivity index (χ4v) is 3.00. The fourth-order valence-electron chi connectivity index (χ4n) is 2.29. The SMILES string of the molecule is N#Cc1c(SCC(N)=O)nc(NC2CC2)nc1-c1ccc(C(F)(F)F)cc1. The van der Waals surface area contributed by atoms with E-state index >= 15 is 0 Å². The molecule has 140 valence electrons. The van der Waals surface area contributed by atoms with Gasteiger partial charge in [-0.25, -0.2) is 9.97 Å². The third kappa shape index (κ3) is 4.68. The first-order valence-electron chi connectivity index (χ1n) is 7.95. The van der Waals surface area contributed by atoms with Crippen molar-refractivity contribution < 1.29 is 18.0 Å². The largest absolute Gasteiger partial charge is 0.416 e. The molecular weight excluding hydrogens is 379 g/mol. The number of nitriles is 1. The lowest BCUT2D eigenvalue weighted by Gasteiger charge is -2.12. The van der Waals surface area contributed by atoms with E-state index in [4.69, 9.17) is 5.73 Å². The molecule has 1 aromatic carbocycles. The van der Waals surface area contributed by atoms with Crippen molar-refractivity contribution in [3.63, 3.8) is 0 Å². The van der Waals surface area contributed by atoms with Crippen molar-refractivity contribution in [1.82, 2.24) is 9.97 Å². The molecule has 10 heteroatoms. The van der Waals surface area contributed by atoms with Crippen LogP contribution in [-0.2, 0) is 11.0 Å². The summed E-state index contributed by atoms with van der Waals surface area (Å²) in [5, 5.41) is 12.9. The van der Waals surface area contributed by atoms with Crippen molar-refractivity contribution in [1.29, 1.82) is 5.26 Å². The quantitative estimate of drug-likeness (QED) is 0.577. The van der Waals surface area contributed by atoms with Crippen molar-refractivity contribution in [3.8, 4) is 17.3 Å². The number of anilines is 1. The van der Waals surface area contributed by atoms with Gasteiger partial charge in [-0.3, -0.25) is 4.79 Å². The van der Waals surface area contributed by atoms with Gasteiger partial charge < -0.3 is 11.1 Å². The molecule has 1 saturated carbocycles. The zero-order valence-electron chi connectivity index (χ0n) is 13.9. The van der Waals surface area contributed by atoms with Crippen LogP contribution in [0.4, 0.5) is 19.1 Å². The highest BCUT2D eigenvalue weighted by molar-refractivity contribution is 8.00. The second-order valence-corrected chi connectivity index (χ2v) is 6.90. The number of carbonyl (C=O) groups excluding carboxylic acids is 1. The van der Waals surface area contributed by atoms with Gasteiger partial charge in [0.2, 0.25) is 11.9 Å². The number of rotatable bonds is 6. The van der Waals surface area contributed by atoms with Gasteiger partial charge in [-0.2, -0.15) is 18.4 Å². The van der Waals surface area contributed by atoms with Crippen LogP contribution >= 0.6 is 11.8 Å². The molecule has 27 heavy (non-hydrogen) atoms. The Hall–Kier alpha value is -2.80. The average Bonchev–Trinajstić information content (AvgIpc) is 3.42. The van der Waals surface area contributed by atoms with E-state index in [1.54, 1.807) is 0 Å². The summed E-state index contributed by atoms with van der Waals surface area (Å²) >= 11 is 0.989. The summed E-state index contributed by atoms with van der Waals surface area (Å²) in [6.45, 7) is 0. The van der Waals surface area contributed by atoms with Crippen molar-refractivity contribution in [2.45, 2.75) is 30.1 Å². The van der Waals surface area contributed by atoms with Crippen LogP contribution in [0.25, 0.3) is 11.3 Å². The summed E-state index contributed by atoms with van der Waals surface area (Å²) < 4.78 is 38.4. The van der Waals surface area contributed by atoms with Gasteiger partial charge in [-0.15, -0.1) is 0 Å². The van der Waals surface area contributed by atoms with E-state index in [1.807, 2.05) is 6.07 Å². The van der Waals surface area contributed by atoms with Gasteiger partial charge in [0.05, 0.1) is 17.0 Å². The second kappa shape index (κ2) is 7.44. The number of primary amides is 1. The van der Waals surface area contributed by atoms with E-state index in [9.17, 15) is 23.2 Å². The number of carbonyl (C=O) groups is 1. The number of thioether (sulfide) groups is 1. The Balaban J connectivity index is 2.04. The number of hydrogen-bond acceptors (Lipinski definition) is 6. The lowest BCUT2D eigenvalue weighted by Crippen LogP contribution is -2.14. The van der Waals surface area contributed by atoms with Gasteiger partial charge in [-0.1, -0.05) is 23.9 Å². The maximum atomic E-state index is 12.8. The molecule has 1 aliphatic rings. The van der Waals surface area contributed by atoms with Crippen LogP contribution in [0.1, 0.15) is 24.0 Å². The Bertz CT molecular complexity index is 905. The highest BCUT2D eigenvalue weighted by atomic mass is 32.2. The summed E-state index contributed by atoms with van der Waals surface area (Å²) in [6, 6.07) is 6.59. The highest BCUT2D eigenvalue weighted by Crippen LogP contribution is 2.34. The minimum atomic E-state index is -4.45. The topological polar surface area (TPSA) is 105 Å². The van der Waals surface area contributed by atoms with E-state index in [-0.39, 0.29) is 34.0 Å². The molecule has 3 rings (SSSR count). The second-order valence-electron chi connectivity index (χ2n) is 5.94. The molecule has 2 aromatic rings. The van der Waals surface area contributed by atoms with Gasteiger partial charge in [0.25, 0.3) is 0 Å². The fraction of sp³-hybridized carbons (Fsp3) is 0.294. The Morgan fingerprint density at radius 3 is 2.48 bits per heavy atom. The standard InChI is InChI=1S/C17H14F3N5OS/c18-17(19,20)10-3-1-9(2-4-10)14-12(7-21)15(27-8-13(22)26)25-16(24-14)23-11-5-6-11/h1-4,11H,5-6,8H2,(H2,22,26)(H,23,24,25). The minimum absolute atomic E-state index is 0.0823. The zero-order chi connectivity index (χ0) is 19.6. The van der Waals surface area contributed by atoms with Crippen LogP contribution in [0.2, 0.25) is 0 Å². The van der Waals surface area contributed by atoms with Crippen molar-refractivity contribution in [2.75, 3.05) is 11.1 Å². The van der Waals surface area contributed by atoms with Gasteiger partial charge in [0.1, 0.15) is 16.7 Å². The van der Waals surface area contributed by atoms with E-state index in [0.717, 1.165) is 36.7 Å². The van der Waals surface area contributed by atoms with Crippen LogP contribution in [0.3, 0.4) is 0 Å². The van der Waals surface area contributed by atoms with Crippen LogP contribution in [0.15, 0.2) is 29.3 Å². The first-order valence-corrected chi connectivity index (χ1v) is 8.94. The summed E-state index contributed by atoms with van der Waals surface area (Å²) in [5.74, 6) is -0.394. The minimum Gasteiger partial charge on any atom is -0.369 e. The molecule has 0 unspecified atom stereocenters. The van der Waals surface area contributed by atoms with Gasteiger partial charge in [-0.05, 0) is 25.0 Å². The van der Waals surface area contributed by atoms with Crippen LogP contribution in [-0.4, -0.2) is 27.7 Å². The third-order valence-corrected chi connectivity index (χ3v) is 4.73. The number of aromatic nitrogens is 2. The number of benzene rings is 1. The number of alkyl halides is 3. The smallest absolute Gasteiger partial charge is 0.369 e. The number of amides is 1. The number of nitrogens with one attached hydrogen (secondary N) is 1. The predicted octanol–water partition coefficient (Wildman–Crippen LogP) is 3.19. The Kier molecular flexibility index (Phi) is 5.23. The lowest BCUT2D eigenvalue weighted by molar-refractivity contribution is -0.137. The number of nitrogens with zero attached hydrogens (tertiary/aromatic N) is 3. The molecule has 1 amide bonds. The van der Waals surface area contributed by atoms with Crippen molar-refractivity contribution >= 4 is 23.6 Å². The number of halogens is 3. The molecule has 1 fully saturated rings. The summed E-state index contributed by atoms with van der Waals surface area (Å²) in [6.07, 6.45) is -2.53. The maximum absolute atomic E-state index is 12.8. The molecular formula is C17H14F3N5OS. The van der Waals surface area contributed by atoms with E-state index in [2.05, 4.69) is 15.3 Å². The van der Waals surface area contributed by atoms with Gasteiger partial charge >= 0.3 is 6.18 Å². The first-order chi connectivity index (χ1) is 12.8.